The van der Waals surface area contributed by atoms with E-state index in [0.717, 1.165) is 49.8 Å². The zero-order chi connectivity index (χ0) is 14.8. The van der Waals surface area contributed by atoms with E-state index in [2.05, 4.69) is 6.92 Å². The largest absolute Gasteiger partial charge is 0.335 e. The van der Waals surface area contributed by atoms with Gasteiger partial charge >= 0.3 is 0 Å². The van der Waals surface area contributed by atoms with E-state index in [4.69, 9.17) is 0 Å². The fourth-order valence-corrected chi connectivity index (χ4v) is 3.90. The number of amides is 1. The molecular formula is C18H23NO2. The highest BCUT2D eigenvalue weighted by atomic mass is 16.2. The lowest BCUT2D eigenvalue weighted by Crippen LogP contribution is -2.41. The van der Waals surface area contributed by atoms with Crippen LogP contribution in [0.2, 0.25) is 0 Å². The minimum atomic E-state index is 0.0882. The van der Waals surface area contributed by atoms with Crippen molar-refractivity contribution >= 4 is 11.7 Å². The Labute approximate surface area is 126 Å². The van der Waals surface area contributed by atoms with E-state index in [9.17, 15) is 9.59 Å². The summed E-state index contributed by atoms with van der Waals surface area (Å²) in [5.74, 6) is 0.573. The van der Waals surface area contributed by atoms with Gasteiger partial charge in [0.15, 0.2) is 0 Å². The Morgan fingerprint density at radius 1 is 1.24 bits per heavy atom. The number of nitrogens with zero attached hydrogens (tertiary/aromatic N) is 1. The van der Waals surface area contributed by atoms with Crippen molar-refractivity contribution in [2.75, 3.05) is 6.54 Å². The highest BCUT2D eigenvalue weighted by molar-refractivity contribution is 5.96. The highest BCUT2D eigenvalue weighted by Gasteiger charge is 2.40. The number of carbonyl (C=O) groups excluding carboxylic acids is 2. The molecular weight excluding hydrogens is 262 g/mol. The zero-order valence-corrected chi connectivity index (χ0v) is 12.7. The number of Topliss-reactive ketones (excluding diaryl/α,β-unsaturated/α-hetero) is 1. The maximum atomic E-state index is 12.9. The third kappa shape index (κ3) is 2.61. The Morgan fingerprint density at radius 2 is 2.05 bits per heavy atom. The third-order valence-corrected chi connectivity index (χ3v) is 5.01. The van der Waals surface area contributed by atoms with Crippen molar-refractivity contribution in [3.05, 3.63) is 35.4 Å². The molecule has 3 nitrogen and oxygen atoms in total. The first-order valence-corrected chi connectivity index (χ1v) is 8.14. The van der Waals surface area contributed by atoms with Gasteiger partial charge in [-0.25, -0.2) is 0 Å². The Balaban J connectivity index is 1.84. The van der Waals surface area contributed by atoms with E-state index in [1.54, 1.807) is 0 Å². The van der Waals surface area contributed by atoms with Crippen LogP contribution in [0.1, 0.15) is 54.9 Å². The molecule has 1 aromatic carbocycles. The summed E-state index contributed by atoms with van der Waals surface area (Å²) >= 11 is 0. The summed E-state index contributed by atoms with van der Waals surface area (Å²) < 4.78 is 0. The van der Waals surface area contributed by atoms with Gasteiger partial charge in [0.25, 0.3) is 5.91 Å². The van der Waals surface area contributed by atoms with Gasteiger partial charge in [0.1, 0.15) is 5.78 Å². The Hall–Kier alpha value is -1.64. The molecule has 2 unspecified atom stereocenters. The molecule has 0 aromatic heterocycles. The molecule has 2 fully saturated rings. The lowest BCUT2D eigenvalue weighted by atomic mass is 9.94. The third-order valence-electron chi connectivity index (χ3n) is 5.01. The molecule has 1 saturated heterocycles. The molecule has 3 heteroatoms. The van der Waals surface area contributed by atoms with Crippen molar-refractivity contribution in [3.63, 3.8) is 0 Å². The van der Waals surface area contributed by atoms with Crippen molar-refractivity contribution in [2.24, 2.45) is 5.92 Å². The topological polar surface area (TPSA) is 37.4 Å². The van der Waals surface area contributed by atoms with Crippen molar-refractivity contribution < 1.29 is 9.59 Å². The van der Waals surface area contributed by atoms with Crippen molar-refractivity contribution in [2.45, 2.75) is 51.5 Å². The molecule has 0 spiro atoms. The molecule has 112 valence electrons. The molecule has 0 bridgehead atoms. The molecule has 1 amide bonds. The van der Waals surface area contributed by atoms with Crippen LogP contribution in [0.5, 0.6) is 0 Å². The maximum Gasteiger partial charge on any atom is 0.254 e. The van der Waals surface area contributed by atoms with Crippen molar-refractivity contribution in [3.8, 4) is 0 Å². The molecule has 1 saturated carbocycles. The molecule has 0 N–H and O–H groups in total. The first-order valence-electron chi connectivity index (χ1n) is 8.14. The van der Waals surface area contributed by atoms with Crippen LogP contribution in [0.3, 0.4) is 0 Å². The highest BCUT2D eigenvalue weighted by Crippen LogP contribution is 2.34. The predicted molar refractivity (Wildman–Crippen MR) is 82.2 cm³/mol. The molecule has 1 heterocycles. The average Bonchev–Trinajstić information content (AvgIpc) is 3.14. The van der Waals surface area contributed by atoms with Crippen LogP contribution in [0.25, 0.3) is 0 Å². The Morgan fingerprint density at radius 3 is 2.76 bits per heavy atom. The second kappa shape index (κ2) is 6.00. The fourth-order valence-electron chi connectivity index (χ4n) is 3.90. The van der Waals surface area contributed by atoms with E-state index < -0.39 is 0 Å². The molecule has 21 heavy (non-hydrogen) atoms. The second-order valence-electron chi connectivity index (χ2n) is 6.18. The summed E-state index contributed by atoms with van der Waals surface area (Å²) in [4.78, 5) is 26.9. The summed E-state index contributed by atoms with van der Waals surface area (Å²) in [7, 11) is 0. The van der Waals surface area contributed by atoms with E-state index in [0.29, 0.717) is 12.2 Å². The lowest BCUT2D eigenvalue weighted by Gasteiger charge is -2.29. The summed E-state index contributed by atoms with van der Waals surface area (Å²) in [6.45, 7) is 2.87. The Kier molecular flexibility index (Phi) is 4.09. The molecule has 1 aliphatic carbocycles. The number of aryl methyl sites for hydroxylation is 1. The van der Waals surface area contributed by atoms with Gasteiger partial charge in [0.05, 0.1) is 0 Å². The smallest absolute Gasteiger partial charge is 0.254 e. The van der Waals surface area contributed by atoms with Gasteiger partial charge in [-0.15, -0.1) is 0 Å². The number of carbonyl (C=O) groups is 2. The van der Waals surface area contributed by atoms with Crippen LogP contribution in [-0.4, -0.2) is 29.2 Å². The van der Waals surface area contributed by atoms with Crippen molar-refractivity contribution in [1.82, 2.24) is 4.90 Å². The van der Waals surface area contributed by atoms with Gasteiger partial charge in [0, 0.05) is 30.5 Å². The van der Waals surface area contributed by atoms with Crippen LogP contribution in [0.15, 0.2) is 24.3 Å². The number of likely N-dealkylation sites (tertiary alicyclic amines) is 1. The second-order valence-corrected chi connectivity index (χ2v) is 6.18. The number of rotatable bonds is 3. The van der Waals surface area contributed by atoms with Crippen LogP contribution in [-0.2, 0) is 11.2 Å². The Bertz CT molecular complexity index is 552. The normalized spacial score (nSPS) is 25.6. The quantitative estimate of drug-likeness (QED) is 0.855. The van der Waals surface area contributed by atoms with Crippen LogP contribution in [0.4, 0.5) is 0 Å². The SMILES string of the molecule is CCc1ccccc1C(=O)N1CCCC1C1CCCC1=O. The monoisotopic (exact) mass is 285 g/mol. The van der Waals surface area contributed by atoms with Gasteiger partial charge in [-0.05, 0) is 43.7 Å². The van der Waals surface area contributed by atoms with E-state index in [1.165, 1.54) is 0 Å². The number of hydrogen-bond donors (Lipinski definition) is 0. The molecule has 1 aliphatic heterocycles. The van der Waals surface area contributed by atoms with Crippen molar-refractivity contribution in [1.29, 1.82) is 0 Å². The fraction of sp³-hybridized carbons (Fsp3) is 0.556. The standard InChI is InChI=1S/C18H23NO2/c1-2-13-7-3-4-8-14(13)18(21)19-12-6-10-16(19)15-9-5-11-17(15)20/h3-4,7-8,15-16H,2,5-6,9-12H2,1H3. The minimum Gasteiger partial charge on any atom is -0.335 e. The van der Waals surface area contributed by atoms with Gasteiger partial charge in [-0.3, -0.25) is 9.59 Å². The molecule has 1 aromatic rings. The van der Waals surface area contributed by atoms with Crippen LogP contribution < -0.4 is 0 Å². The molecule has 0 radical (unpaired) electrons. The van der Waals surface area contributed by atoms with E-state index in [1.807, 2.05) is 29.2 Å². The van der Waals surface area contributed by atoms with Gasteiger partial charge < -0.3 is 4.90 Å². The maximum absolute atomic E-state index is 12.9. The van der Waals surface area contributed by atoms with E-state index in [-0.39, 0.29) is 17.9 Å². The molecule has 2 aliphatic rings. The van der Waals surface area contributed by atoms with Gasteiger partial charge in [-0.2, -0.15) is 0 Å². The first-order chi connectivity index (χ1) is 10.2. The van der Waals surface area contributed by atoms with Crippen LogP contribution in [0, 0.1) is 5.92 Å². The molecule has 3 rings (SSSR count). The average molecular weight is 285 g/mol. The number of hydrogen-bond acceptors (Lipinski definition) is 2. The van der Waals surface area contributed by atoms with E-state index >= 15 is 0 Å². The van der Waals surface area contributed by atoms with Gasteiger partial charge in [0.2, 0.25) is 0 Å². The number of benzene rings is 1. The predicted octanol–water partition coefficient (Wildman–Crippen LogP) is 3.22. The van der Waals surface area contributed by atoms with Crippen LogP contribution >= 0.6 is 0 Å². The lowest BCUT2D eigenvalue weighted by molar-refractivity contribution is -0.121. The number of ketones is 1. The zero-order valence-electron chi connectivity index (χ0n) is 12.7. The summed E-state index contributed by atoms with van der Waals surface area (Å²) in [5.41, 5.74) is 1.92. The summed E-state index contributed by atoms with van der Waals surface area (Å²) in [6, 6.07) is 8.00. The first kappa shape index (κ1) is 14.3. The van der Waals surface area contributed by atoms with Gasteiger partial charge in [-0.1, -0.05) is 25.1 Å². The summed E-state index contributed by atoms with van der Waals surface area (Å²) in [5, 5.41) is 0. The minimum absolute atomic E-state index is 0.0882. The molecule has 2 atom stereocenters. The summed E-state index contributed by atoms with van der Waals surface area (Å²) in [6.07, 6.45) is 5.53.